The van der Waals surface area contributed by atoms with Gasteiger partial charge in [-0.1, -0.05) is 6.92 Å². The Morgan fingerprint density at radius 3 is 2.57 bits per heavy atom. The molecule has 1 aromatic rings. The largest absolute Gasteiger partial charge is 0.305 e. The highest BCUT2D eigenvalue weighted by atomic mass is 15.0. The number of pyridine rings is 1. The van der Waals surface area contributed by atoms with Gasteiger partial charge in [-0.2, -0.15) is 0 Å². The lowest BCUT2D eigenvalue weighted by Crippen LogP contribution is -2.36. The first-order chi connectivity index (χ1) is 6.77. The summed E-state index contributed by atoms with van der Waals surface area (Å²) < 4.78 is 0. The summed E-state index contributed by atoms with van der Waals surface area (Å²) in [4.78, 5) is 4.06. The fourth-order valence-electron chi connectivity index (χ4n) is 1.89. The number of nitrogens with one attached hydrogen (secondary N) is 1. The Kier molecular flexibility index (Phi) is 2.55. The van der Waals surface area contributed by atoms with Crippen LogP contribution in [0.25, 0.3) is 0 Å². The topological polar surface area (TPSA) is 24.9 Å². The Balaban J connectivity index is 2.10. The average Bonchev–Trinajstić information content (AvgIpc) is 3.00. The summed E-state index contributed by atoms with van der Waals surface area (Å²) in [5, 5.41) is 3.71. The quantitative estimate of drug-likeness (QED) is 0.789. The smallest absolute Gasteiger partial charge is 0.0439 e. The lowest BCUT2D eigenvalue weighted by molar-refractivity contribution is 0.431. The zero-order valence-electron chi connectivity index (χ0n) is 8.96. The van der Waals surface area contributed by atoms with Crippen molar-refractivity contribution in [3.05, 3.63) is 30.1 Å². The highest BCUT2D eigenvalue weighted by molar-refractivity contribution is 5.28. The molecular formula is C12H18N2. The maximum absolute atomic E-state index is 4.06. The molecule has 1 fully saturated rings. The van der Waals surface area contributed by atoms with E-state index in [2.05, 4.69) is 36.3 Å². The van der Waals surface area contributed by atoms with Gasteiger partial charge in [0.2, 0.25) is 0 Å². The van der Waals surface area contributed by atoms with Crippen LogP contribution in [0.3, 0.4) is 0 Å². The van der Waals surface area contributed by atoms with E-state index in [0.717, 1.165) is 0 Å². The van der Waals surface area contributed by atoms with Gasteiger partial charge in [-0.05, 0) is 43.9 Å². The van der Waals surface area contributed by atoms with E-state index < -0.39 is 0 Å². The van der Waals surface area contributed by atoms with Gasteiger partial charge in [0.1, 0.15) is 0 Å². The Labute approximate surface area is 85.7 Å². The van der Waals surface area contributed by atoms with Crippen LogP contribution in [0.5, 0.6) is 0 Å². The van der Waals surface area contributed by atoms with Crippen molar-refractivity contribution in [2.24, 2.45) is 0 Å². The van der Waals surface area contributed by atoms with E-state index in [9.17, 15) is 0 Å². The Hall–Kier alpha value is -0.890. The summed E-state index contributed by atoms with van der Waals surface area (Å²) in [6, 6.07) is 4.86. The first kappa shape index (κ1) is 9.66. The molecule has 0 amide bonds. The molecule has 1 aliphatic carbocycles. The summed E-state index contributed by atoms with van der Waals surface area (Å²) in [5.41, 5.74) is 1.67. The van der Waals surface area contributed by atoms with E-state index in [1.807, 2.05) is 12.4 Å². The first-order valence-corrected chi connectivity index (χ1v) is 5.45. The van der Waals surface area contributed by atoms with Crippen molar-refractivity contribution in [3.8, 4) is 0 Å². The molecular weight excluding hydrogens is 172 g/mol. The second-order valence-electron chi connectivity index (χ2n) is 4.27. The van der Waals surface area contributed by atoms with Crippen LogP contribution in [-0.4, -0.2) is 11.0 Å². The minimum Gasteiger partial charge on any atom is -0.305 e. The van der Waals surface area contributed by atoms with Gasteiger partial charge >= 0.3 is 0 Å². The molecule has 2 nitrogen and oxygen atoms in total. The Morgan fingerprint density at radius 2 is 2.07 bits per heavy atom. The Bertz CT molecular complexity index is 290. The second-order valence-corrected chi connectivity index (χ2v) is 4.27. The number of rotatable bonds is 4. The molecule has 0 aromatic carbocycles. The van der Waals surface area contributed by atoms with Crippen molar-refractivity contribution in [1.29, 1.82) is 0 Å². The summed E-state index contributed by atoms with van der Waals surface area (Å²) >= 11 is 0. The van der Waals surface area contributed by atoms with Crippen molar-refractivity contribution in [1.82, 2.24) is 10.3 Å². The molecule has 0 saturated heterocycles. The highest BCUT2D eigenvalue weighted by Gasteiger charge is 2.44. The number of aromatic nitrogens is 1. The van der Waals surface area contributed by atoms with Crippen LogP contribution < -0.4 is 5.32 Å². The molecule has 2 heteroatoms. The normalized spacial score (nSPS) is 20.4. The molecule has 1 unspecified atom stereocenters. The predicted molar refractivity (Wildman–Crippen MR) is 58.0 cm³/mol. The number of nitrogens with zero attached hydrogens (tertiary/aromatic N) is 1. The van der Waals surface area contributed by atoms with Crippen LogP contribution in [0.1, 0.15) is 38.7 Å². The van der Waals surface area contributed by atoms with E-state index in [-0.39, 0.29) is 5.54 Å². The molecule has 1 aromatic heterocycles. The molecule has 0 radical (unpaired) electrons. The number of hydrogen-bond donors (Lipinski definition) is 1. The molecule has 0 bridgehead atoms. The van der Waals surface area contributed by atoms with Crippen molar-refractivity contribution >= 4 is 0 Å². The SMILES string of the molecule is CCC(C)NC1(c2ccncc2)CC1. The van der Waals surface area contributed by atoms with Gasteiger partial charge in [-0.3, -0.25) is 4.98 Å². The van der Waals surface area contributed by atoms with Gasteiger partial charge in [0.25, 0.3) is 0 Å². The van der Waals surface area contributed by atoms with E-state index >= 15 is 0 Å². The lowest BCUT2D eigenvalue weighted by atomic mass is 10.1. The minimum atomic E-state index is 0.276. The van der Waals surface area contributed by atoms with E-state index in [1.165, 1.54) is 24.8 Å². The molecule has 1 heterocycles. The molecule has 0 spiro atoms. The van der Waals surface area contributed by atoms with Gasteiger partial charge < -0.3 is 5.32 Å². The van der Waals surface area contributed by atoms with Gasteiger partial charge in [-0.15, -0.1) is 0 Å². The maximum atomic E-state index is 4.06. The minimum absolute atomic E-state index is 0.276. The predicted octanol–water partition coefficient (Wildman–Crippen LogP) is 2.46. The van der Waals surface area contributed by atoms with Crippen molar-refractivity contribution in [2.75, 3.05) is 0 Å². The van der Waals surface area contributed by atoms with E-state index in [1.54, 1.807) is 0 Å². The highest BCUT2D eigenvalue weighted by Crippen LogP contribution is 2.45. The van der Waals surface area contributed by atoms with E-state index in [4.69, 9.17) is 0 Å². The maximum Gasteiger partial charge on any atom is 0.0439 e. The van der Waals surface area contributed by atoms with E-state index in [0.29, 0.717) is 6.04 Å². The van der Waals surface area contributed by atoms with Crippen molar-refractivity contribution in [2.45, 2.75) is 44.7 Å². The Morgan fingerprint density at radius 1 is 1.43 bits per heavy atom. The summed E-state index contributed by atoms with van der Waals surface area (Å²) in [5.74, 6) is 0. The van der Waals surface area contributed by atoms with Crippen molar-refractivity contribution < 1.29 is 0 Å². The van der Waals surface area contributed by atoms with Gasteiger partial charge in [0.15, 0.2) is 0 Å². The zero-order valence-corrected chi connectivity index (χ0v) is 8.96. The zero-order chi connectivity index (χ0) is 10.0. The van der Waals surface area contributed by atoms with Gasteiger partial charge in [-0.25, -0.2) is 0 Å². The van der Waals surface area contributed by atoms with Crippen LogP contribution in [0, 0.1) is 0 Å². The molecule has 1 atom stereocenters. The standard InChI is InChI=1S/C12H18N2/c1-3-10(2)14-12(6-7-12)11-4-8-13-9-5-11/h4-5,8-10,14H,3,6-7H2,1-2H3. The molecule has 76 valence electrons. The fourth-order valence-corrected chi connectivity index (χ4v) is 1.89. The van der Waals surface area contributed by atoms with Gasteiger partial charge in [0.05, 0.1) is 0 Å². The van der Waals surface area contributed by atoms with Gasteiger partial charge in [0, 0.05) is 24.0 Å². The third-order valence-corrected chi connectivity index (χ3v) is 3.12. The van der Waals surface area contributed by atoms with Crippen LogP contribution in [-0.2, 0) is 5.54 Å². The summed E-state index contributed by atoms with van der Waals surface area (Å²) in [6.07, 6.45) is 7.48. The molecule has 2 rings (SSSR count). The third kappa shape index (κ3) is 1.80. The second kappa shape index (κ2) is 3.70. The summed E-state index contributed by atoms with van der Waals surface area (Å²) in [7, 11) is 0. The molecule has 1 saturated carbocycles. The first-order valence-electron chi connectivity index (χ1n) is 5.45. The summed E-state index contributed by atoms with van der Waals surface area (Å²) in [6.45, 7) is 4.47. The van der Waals surface area contributed by atoms with Crippen LogP contribution in [0.4, 0.5) is 0 Å². The van der Waals surface area contributed by atoms with Crippen LogP contribution >= 0.6 is 0 Å². The number of hydrogen-bond acceptors (Lipinski definition) is 2. The molecule has 1 N–H and O–H groups in total. The molecule has 0 aliphatic heterocycles. The molecule has 1 aliphatic rings. The van der Waals surface area contributed by atoms with Crippen molar-refractivity contribution in [3.63, 3.8) is 0 Å². The molecule has 14 heavy (non-hydrogen) atoms. The van der Waals surface area contributed by atoms with Crippen LogP contribution in [0.2, 0.25) is 0 Å². The monoisotopic (exact) mass is 190 g/mol. The van der Waals surface area contributed by atoms with Crippen LogP contribution in [0.15, 0.2) is 24.5 Å². The third-order valence-electron chi connectivity index (χ3n) is 3.12. The fraction of sp³-hybridized carbons (Fsp3) is 0.583. The average molecular weight is 190 g/mol. The lowest BCUT2D eigenvalue weighted by Gasteiger charge is -2.22.